The first kappa shape index (κ1) is 26.2. The highest BCUT2D eigenvalue weighted by Gasteiger charge is 2.10. The Balaban J connectivity index is 0.00000450. The van der Waals surface area contributed by atoms with Crippen LogP contribution in [0.1, 0.15) is 31.4 Å². The fraction of sp³-hybridized carbons (Fsp3) is 0.429. The van der Waals surface area contributed by atoms with Gasteiger partial charge in [0.1, 0.15) is 16.4 Å². The molecule has 1 atom stereocenters. The van der Waals surface area contributed by atoms with Gasteiger partial charge in [-0.3, -0.25) is 0 Å². The number of ether oxygens (including phenoxy) is 1. The van der Waals surface area contributed by atoms with Crippen molar-refractivity contribution in [2.24, 2.45) is 4.99 Å². The molecule has 0 radical (unpaired) electrons. The van der Waals surface area contributed by atoms with Crippen molar-refractivity contribution in [1.82, 2.24) is 15.6 Å². The zero-order valence-corrected chi connectivity index (χ0v) is 20.8. The van der Waals surface area contributed by atoms with Crippen molar-refractivity contribution < 1.29 is 13.2 Å². The zero-order valence-electron chi connectivity index (χ0n) is 17.7. The fourth-order valence-corrected chi connectivity index (χ4v) is 3.36. The van der Waals surface area contributed by atoms with Gasteiger partial charge in [-0.2, -0.15) is 0 Å². The molecule has 7 nitrogen and oxygen atoms in total. The van der Waals surface area contributed by atoms with Crippen LogP contribution in [0.2, 0.25) is 0 Å². The first-order chi connectivity index (χ1) is 13.9. The van der Waals surface area contributed by atoms with Gasteiger partial charge in [-0.25, -0.2) is 18.4 Å². The van der Waals surface area contributed by atoms with Gasteiger partial charge in [0.05, 0.1) is 12.3 Å². The Labute approximate surface area is 196 Å². The molecular formula is C21H31IN4O3S. The van der Waals surface area contributed by atoms with Crippen LogP contribution in [-0.2, 0) is 23.0 Å². The minimum Gasteiger partial charge on any atom is -0.473 e. The molecule has 1 aromatic heterocycles. The number of benzene rings is 1. The summed E-state index contributed by atoms with van der Waals surface area (Å²) in [6, 6.07) is 13.7. The Morgan fingerprint density at radius 1 is 1.20 bits per heavy atom. The van der Waals surface area contributed by atoms with E-state index in [1.807, 2.05) is 56.3 Å². The number of rotatable bonds is 10. The van der Waals surface area contributed by atoms with E-state index in [0.29, 0.717) is 38.0 Å². The molecule has 0 saturated heterocycles. The number of nitrogens with zero attached hydrogens (tertiary/aromatic N) is 2. The minimum absolute atomic E-state index is 0. The molecule has 0 fully saturated rings. The highest BCUT2D eigenvalue weighted by Crippen LogP contribution is 2.17. The van der Waals surface area contributed by atoms with Crippen LogP contribution in [0.3, 0.4) is 0 Å². The molecule has 2 rings (SSSR count). The van der Waals surface area contributed by atoms with Gasteiger partial charge in [-0.05, 0) is 31.9 Å². The molecule has 0 aliphatic rings. The summed E-state index contributed by atoms with van der Waals surface area (Å²) in [4.78, 5) is 8.94. The molecule has 2 aromatic rings. The number of aromatic nitrogens is 1. The van der Waals surface area contributed by atoms with Gasteiger partial charge in [0.25, 0.3) is 0 Å². The number of hydrogen-bond donors (Lipinski definition) is 2. The molecular weight excluding hydrogens is 515 g/mol. The Hall–Kier alpha value is -1.88. The molecule has 2 N–H and O–H groups in total. The standard InChI is InChI=1S/C21H30N4O3S.HI/c1-4-22-21(25-17(2)12-14-29(3,26)27)24-15-19-11-8-13-23-20(19)28-16-18-9-6-5-7-10-18;/h5-11,13,17H,4,12,14-16H2,1-3H3,(H2,22,24,25);1H. The van der Waals surface area contributed by atoms with Crippen molar-refractivity contribution in [1.29, 1.82) is 0 Å². The van der Waals surface area contributed by atoms with Gasteiger partial charge < -0.3 is 15.4 Å². The van der Waals surface area contributed by atoms with E-state index in [9.17, 15) is 8.42 Å². The monoisotopic (exact) mass is 546 g/mol. The summed E-state index contributed by atoms with van der Waals surface area (Å²) in [6.45, 7) is 5.46. The van der Waals surface area contributed by atoms with E-state index in [1.54, 1.807) is 6.20 Å². The zero-order chi connectivity index (χ0) is 21.1. The SMILES string of the molecule is CCNC(=NCc1cccnc1OCc1ccccc1)NC(C)CCS(C)(=O)=O.I. The number of hydrogen-bond acceptors (Lipinski definition) is 5. The van der Waals surface area contributed by atoms with Gasteiger partial charge in [0.2, 0.25) is 5.88 Å². The summed E-state index contributed by atoms with van der Waals surface area (Å²) in [5.74, 6) is 1.33. The number of guanidine groups is 1. The molecule has 0 spiro atoms. The van der Waals surface area contributed by atoms with Crippen molar-refractivity contribution in [2.45, 2.75) is 39.5 Å². The van der Waals surface area contributed by atoms with E-state index < -0.39 is 9.84 Å². The number of sulfone groups is 1. The lowest BCUT2D eigenvalue weighted by Gasteiger charge is -2.17. The van der Waals surface area contributed by atoms with E-state index in [1.165, 1.54) is 6.26 Å². The van der Waals surface area contributed by atoms with Gasteiger partial charge in [0, 0.05) is 30.6 Å². The summed E-state index contributed by atoms with van der Waals surface area (Å²) in [5, 5.41) is 6.44. The Morgan fingerprint density at radius 3 is 2.60 bits per heavy atom. The van der Waals surface area contributed by atoms with E-state index in [0.717, 1.165) is 11.1 Å². The molecule has 0 bridgehead atoms. The van der Waals surface area contributed by atoms with Crippen LogP contribution >= 0.6 is 24.0 Å². The van der Waals surface area contributed by atoms with Crippen molar-refractivity contribution >= 4 is 39.8 Å². The lowest BCUT2D eigenvalue weighted by atomic mass is 10.2. The third kappa shape index (κ3) is 10.2. The molecule has 9 heteroatoms. The third-order valence-corrected chi connectivity index (χ3v) is 5.10. The molecule has 0 saturated carbocycles. The van der Waals surface area contributed by atoms with Crippen LogP contribution in [0.25, 0.3) is 0 Å². The second kappa shape index (κ2) is 13.4. The number of halogens is 1. The van der Waals surface area contributed by atoms with Crippen molar-refractivity contribution in [3.63, 3.8) is 0 Å². The fourth-order valence-electron chi connectivity index (χ4n) is 2.58. The van der Waals surface area contributed by atoms with Crippen LogP contribution in [0.15, 0.2) is 53.7 Å². The molecule has 1 heterocycles. The summed E-state index contributed by atoms with van der Waals surface area (Å²) < 4.78 is 28.6. The summed E-state index contributed by atoms with van der Waals surface area (Å²) in [7, 11) is -2.98. The molecule has 0 aliphatic carbocycles. The van der Waals surface area contributed by atoms with E-state index >= 15 is 0 Å². The highest BCUT2D eigenvalue weighted by molar-refractivity contribution is 14.0. The average molecular weight is 546 g/mol. The summed E-state index contributed by atoms with van der Waals surface area (Å²) in [5.41, 5.74) is 1.95. The van der Waals surface area contributed by atoms with Gasteiger partial charge in [0.15, 0.2) is 5.96 Å². The minimum atomic E-state index is -2.98. The van der Waals surface area contributed by atoms with Crippen molar-refractivity contribution in [2.75, 3.05) is 18.6 Å². The third-order valence-electron chi connectivity index (χ3n) is 4.12. The summed E-state index contributed by atoms with van der Waals surface area (Å²) in [6.07, 6.45) is 3.46. The quantitative estimate of drug-likeness (QED) is 0.270. The Kier molecular flexibility index (Phi) is 11.7. The predicted octanol–water partition coefficient (Wildman–Crippen LogP) is 3.16. The first-order valence-corrected chi connectivity index (χ1v) is 11.8. The lowest BCUT2D eigenvalue weighted by molar-refractivity contribution is 0.290. The van der Waals surface area contributed by atoms with E-state index in [-0.39, 0.29) is 35.8 Å². The second-order valence-electron chi connectivity index (χ2n) is 6.90. The average Bonchev–Trinajstić information content (AvgIpc) is 2.70. The summed E-state index contributed by atoms with van der Waals surface area (Å²) >= 11 is 0. The molecule has 0 amide bonds. The van der Waals surface area contributed by atoms with Gasteiger partial charge in [-0.15, -0.1) is 24.0 Å². The second-order valence-corrected chi connectivity index (χ2v) is 9.16. The van der Waals surface area contributed by atoms with E-state index in [4.69, 9.17) is 4.74 Å². The highest BCUT2D eigenvalue weighted by atomic mass is 127. The van der Waals surface area contributed by atoms with Crippen LogP contribution in [0.4, 0.5) is 0 Å². The maximum Gasteiger partial charge on any atom is 0.218 e. The lowest BCUT2D eigenvalue weighted by Crippen LogP contribution is -2.42. The number of pyridine rings is 1. The maximum absolute atomic E-state index is 11.4. The van der Waals surface area contributed by atoms with Crippen LogP contribution in [0.5, 0.6) is 5.88 Å². The Bertz CT molecular complexity index is 892. The molecule has 1 unspecified atom stereocenters. The predicted molar refractivity (Wildman–Crippen MR) is 132 cm³/mol. The normalized spacial score (nSPS) is 12.6. The van der Waals surface area contributed by atoms with E-state index in [2.05, 4.69) is 20.6 Å². The maximum atomic E-state index is 11.4. The first-order valence-electron chi connectivity index (χ1n) is 9.70. The van der Waals surface area contributed by atoms with Gasteiger partial charge in [-0.1, -0.05) is 36.4 Å². The number of nitrogens with one attached hydrogen (secondary N) is 2. The Morgan fingerprint density at radius 2 is 1.93 bits per heavy atom. The molecule has 1 aromatic carbocycles. The molecule has 30 heavy (non-hydrogen) atoms. The smallest absolute Gasteiger partial charge is 0.218 e. The van der Waals surface area contributed by atoms with Crippen LogP contribution in [0, 0.1) is 0 Å². The largest absolute Gasteiger partial charge is 0.473 e. The molecule has 0 aliphatic heterocycles. The number of aliphatic imine (C=N–C) groups is 1. The topological polar surface area (TPSA) is 92.7 Å². The van der Waals surface area contributed by atoms with Crippen LogP contribution in [-0.4, -0.2) is 44.0 Å². The molecule has 166 valence electrons. The van der Waals surface area contributed by atoms with Crippen molar-refractivity contribution in [3.05, 3.63) is 59.8 Å². The van der Waals surface area contributed by atoms with Gasteiger partial charge >= 0.3 is 0 Å². The van der Waals surface area contributed by atoms with Crippen molar-refractivity contribution in [3.8, 4) is 5.88 Å². The van der Waals surface area contributed by atoms with Crippen LogP contribution < -0.4 is 15.4 Å².